The molecule has 3 rings (SSSR count). The van der Waals surface area contributed by atoms with E-state index in [9.17, 15) is 38.7 Å². The second-order valence-electron chi connectivity index (χ2n) is 11.9. The van der Waals surface area contributed by atoms with Crippen molar-refractivity contribution in [3.8, 4) is 17.1 Å². The first-order valence-electron chi connectivity index (χ1n) is 17.4. The first-order chi connectivity index (χ1) is 25.9. The Balaban J connectivity index is 1.67. The molecule has 1 heterocycles. The van der Waals surface area contributed by atoms with E-state index in [2.05, 4.69) is 21.3 Å². The summed E-state index contributed by atoms with van der Waals surface area (Å²) in [5, 5.41) is 29.1. The van der Waals surface area contributed by atoms with Gasteiger partial charge in [0.25, 0.3) is 11.8 Å². The minimum atomic E-state index is -1.67. The van der Waals surface area contributed by atoms with Crippen molar-refractivity contribution >= 4 is 47.9 Å². The molecule has 0 aliphatic heterocycles. The average Bonchev–Trinajstić information content (AvgIpc) is 3.64. The highest BCUT2D eigenvalue weighted by molar-refractivity contribution is 6.00. The number of amides is 5. The number of hydrogen-bond acceptors (Lipinski definition) is 10. The van der Waals surface area contributed by atoms with Crippen LogP contribution in [0.1, 0.15) is 80.2 Å². The molecule has 1 aromatic heterocycles. The quantitative estimate of drug-likeness (QED) is 0.0362. The number of carboxylic acids is 2. The van der Waals surface area contributed by atoms with Crippen molar-refractivity contribution in [1.82, 2.24) is 21.0 Å². The van der Waals surface area contributed by atoms with Gasteiger partial charge in [0.05, 0.1) is 37.2 Å². The third kappa shape index (κ3) is 12.4. The van der Waals surface area contributed by atoms with Gasteiger partial charge in [-0.15, -0.1) is 0 Å². The van der Waals surface area contributed by atoms with E-state index in [-0.39, 0.29) is 42.5 Å². The van der Waals surface area contributed by atoms with Crippen molar-refractivity contribution in [2.75, 3.05) is 18.6 Å². The first-order valence-corrected chi connectivity index (χ1v) is 17.4. The maximum atomic E-state index is 13.5. The normalized spacial score (nSPS) is 12.3. The Labute approximate surface area is 311 Å². The number of carbonyl (C=O) groups excluding carboxylic acids is 5. The van der Waals surface area contributed by atoms with Crippen LogP contribution in [0.25, 0.3) is 11.3 Å². The van der Waals surface area contributed by atoms with Crippen LogP contribution in [0.15, 0.2) is 65.1 Å². The van der Waals surface area contributed by atoms with Gasteiger partial charge in [-0.05, 0) is 56.2 Å². The minimum absolute atomic E-state index is 0.0471. The Morgan fingerprint density at radius 1 is 0.907 bits per heavy atom. The molecule has 0 saturated carbocycles. The van der Waals surface area contributed by atoms with Gasteiger partial charge in [-0.1, -0.05) is 57.4 Å². The van der Waals surface area contributed by atoms with Gasteiger partial charge in [0.2, 0.25) is 12.3 Å². The lowest BCUT2D eigenvalue weighted by Gasteiger charge is -2.31. The fraction of sp³-hybridized carbons (Fsp3) is 0.378. The molecule has 0 aliphatic carbocycles. The largest absolute Gasteiger partial charge is 0.493 e. The number of unbranched alkanes of at least 4 members (excludes halogenated alkanes) is 2. The van der Waals surface area contributed by atoms with Crippen LogP contribution in [0.3, 0.4) is 0 Å². The number of hydroxylamine groups is 2. The summed E-state index contributed by atoms with van der Waals surface area (Å²) in [4.78, 5) is 91.7. The van der Waals surface area contributed by atoms with E-state index in [1.807, 2.05) is 6.92 Å². The van der Waals surface area contributed by atoms with Gasteiger partial charge in [0, 0.05) is 11.3 Å². The van der Waals surface area contributed by atoms with E-state index in [0.29, 0.717) is 30.5 Å². The van der Waals surface area contributed by atoms with Gasteiger partial charge in [-0.3, -0.25) is 29.3 Å². The zero-order valence-corrected chi connectivity index (χ0v) is 30.2. The topological polar surface area (TPSA) is 243 Å². The van der Waals surface area contributed by atoms with Gasteiger partial charge < -0.3 is 40.2 Å². The van der Waals surface area contributed by atoms with Gasteiger partial charge in [0.1, 0.15) is 17.6 Å². The summed E-state index contributed by atoms with van der Waals surface area (Å²) in [6.45, 7) is 5.28. The van der Waals surface area contributed by atoms with E-state index < -0.39 is 60.2 Å². The van der Waals surface area contributed by atoms with Crippen molar-refractivity contribution in [1.29, 1.82) is 0 Å². The maximum Gasteiger partial charge on any atom is 0.436 e. The van der Waals surface area contributed by atoms with Crippen LogP contribution in [0, 0.1) is 5.92 Å². The smallest absolute Gasteiger partial charge is 0.436 e. The molecule has 290 valence electrons. The molecule has 3 atom stereocenters. The molecule has 17 nitrogen and oxygen atoms in total. The molecule has 0 radical (unpaired) electrons. The number of para-hydroxylation sites is 1. The summed E-state index contributed by atoms with van der Waals surface area (Å²) in [6.07, 6.45) is 1.67. The number of furan rings is 1. The van der Waals surface area contributed by atoms with Crippen LogP contribution >= 0.6 is 0 Å². The molecule has 0 fully saturated rings. The predicted octanol–water partition coefficient (Wildman–Crippen LogP) is 4.40. The highest BCUT2D eigenvalue weighted by Gasteiger charge is 2.33. The molecule has 2 aromatic carbocycles. The van der Waals surface area contributed by atoms with Crippen molar-refractivity contribution in [2.24, 2.45) is 5.92 Å². The molecule has 0 bridgehead atoms. The second kappa shape index (κ2) is 21.2. The number of hydrogen-bond donors (Lipinski definition) is 6. The minimum Gasteiger partial charge on any atom is -0.493 e. The zero-order chi connectivity index (χ0) is 39.6. The summed E-state index contributed by atoms with van der Waals surface area (Å²) in [5.74, 6) is -5.51. The molecule has 3 unspecified atom stereocenters. The lowest BCUT2D eigenvalue weighted by Crippen LogP contribution is -2.49. The first kappa shape index (κ1) is 42.0. The van der Waals surface area contributed by atoms with Crippen LogP contribution in [-0.2, 0) is 24.0 Å². The highest BCUT2D eigenvalue weighted by Crippen LogP contribution is 2.29. The maximum absolute atomic E-state index is 13.5. The van der Waals surface area contributed by atoms with Crippen LogP contribution < -0.4 is 26.0 Å². The van der Waals surface area contributed by atoms with E-state index in [4.69, 9.17) is 19.1 Å². The third-order valence-corrected chi connectivity index (χ3v) is 8.11. The predicted molar refractivity (Wildman–Crippen MR) is 193 cm³/mol. The summed E-state index contributed by atoms with van der Waals surface area (Å²) >= 11 is 0. The Morgan fingerprint density at radius 2 is 1.65 bits per heavy atom. The summed E-state index contributed by atoms with van der Waals surface area (Å²) in [6, 6.07) is 13.2. The van der Waals surface area contributed by atoms with Crippen molar-refractivity contribution in [3.63, 3.8) is 0 Å². The van der Waals surface area contributed by atoms with Crippen LogP contribution in [0.2, 0.25) is 0 Å². The molecule has 6 N–H and O–H groups in total. The standard InChI is InChI=1S/C37H45N5O12/c1-4-7-9-14-25(28(5-2)42(22-43)54-37(51)40-24-12-10-8-11-13-24)33(46)38-21-39-35(48)30-18-17-29(53-30)23-15-16-26(31(19-23)52-6-3)34(47)41-27(36(49)50)20-32(44)45/h8,10-13,15-19,22,25,27-28H,4-7,9,14,20-21H2,1-3H3,(H,38,46)(H,39,48)(H,40,51)(H,41,47)(H,44,45)(H,49,50). The van der Waals surface area contributed by atoms with Crippen molar-refractivity contribution in [2.45, 2.75) is 71.4 Å². The molecule has 0 spiro atoms. The number of benzene rings is 2. The Morgan fingerprint density at radius 3 is 2.28 bits per heavy atom. The Kier molecular flexibility index (Phi) is 16.5. The average molecular weight is 752 g/mol. The lowest BCUT2D eigenvalue weighted by atomic mass is 9.90. The Bertz CT molecular complexity index is 1760. The number of carboxylic acid groups (broad SMARTS) is 2. The lowest BCUT2D eigenvalue weighted by molar-refractivity contribution is -0.167. The van der Waals surface area contributed by atoms with E-state index >= 15 is 0 Å². The van der Waals surface area contributed by atoms with E-state index in [1.165, 1.54) is 30.3 Å². The number of anilines is 1. The molecule has 17 heteroatoms. The Hall–Kier alpha value is -6.39. The molecule has 5 amide bonds. The molecular weight excluding hydrogens is 706 g/mol. The number of nitrogens with zero attached hydrogens (tertiary/aromatic N) is 1. The van der Waals surface area contributed by atoms with E-state index in [1.54, 1.807) is 44.2 Å². The van der Waals surface area contributed by atoms with Gasteiger partial charge in [-0.2, -0.15) is 5.06 Å². The molecular formula is C37H45N5O12. The van der Waals surface area contributed by atoms with Crippen LogP contribution in [-0.4, -0.2) is 82.8 Å². The molecule has 54 heavy (non-hydrogen) atoms. The number of carbonyl (C=O) groups is 7. The SMILES string of the molecule is CCCCCC(C(=O)NCNC(=O)c1ccc(-c2ccc(C(=O)NC(CC(=O)O)C(=O)O)c(OCC)c2)o1)C(CC)N(C=O)OC(=O)Nc1ccccc1. The van der Waals surface area contributed by atoms with Crippen molar-refractivity contribution in [3.05, 3.63) is 72.0 Å². The molecule has 3 aromatic rings. The number of rotatable bonds is 22. The fourth-order valence-corrected chi connectivity index (χ4v) is 5.47. The van der Waals surface area contributed by atoms with Gasteiger partial charge >= 0.3 is 18.0 Å². The van der Waals surface area contributed by atoms with E-state index in [0.717, 1.165) is 17.9 Å². The number of aliphatic carboxylic acids is 2. The second-order valence-corrected chi connectivity index (χ2v) is 11.9. The summed E-state index contributed by atoms with van der Waals surface area (Å²) in [5.41, 5.74) is 0.816. The highest BCUT2D eigenvalue weighted by atomic mass is 16.7. The van der Waals surface area contributed by atoms with Crippen molar-refractivity contribution < 1.29 is 57.8 Å². The zero-order valence-electron chi connectivity index (χ0n) is 30.2. The van der Waals surface area contributed by atoms with Gasteiger partial charge in [-0.25, -0.2) is 9.59 Å². The monoisotopic (exact) mass is 751 g/mol. The summed E-state index contributed by atoms with van der Waals surface area (Å²) < 4.78 is 11.3. The van der Waals surface area contributed by atoms with Crippen LogP contribution in [0.4, 0.5) is 10.5 Å². The molecule has 0 saturated heterocycles. The number of nitrogens with one attached hydrogen (secondary N) is 4. The van der Waals surface area contributed by atoms with Gasteiger partial charge in [0.15, 0.2) is 5.76 Å². The summed E-state index contributed by atoms with van der Waals surface area (Å²) in [7, 11) is 0. The fourth-order valence-electron chi connectivity index (χ4n) is 5.47. The number of ether oxygens (including phenoxy) is 1. The third-order valence-electron chi connectivity index (χ3n) is 8.11. The molecule has 0 aliphatic rings. The van der Waals surface area contributed by atoms with Crippen LogP contribution in [0.5, 0.6) is 5.75 Å².